The van der Waals surface area contributed by atoms with E-state index in [9.17, 15) is 14.8 Å². The first-order valence-corrected chi connectivity index (χ1v) is 11.9. The average Bonchev–Trinajstić information content (AvgIpc) is 2.96. The maximum absolute atomic E-state index is 13.4. The van der Waals surface area contributed by atoms with Crippen LogP contribution in [-0.4, -0.2) is 70.9 Å². The molecular weight excluding hydrogens is 419 g/mol. The van der Waals surface area contributed by atoms with E-state index in [1.54, 1.807) is 23.2 Å². The predicted molar refractivity (Wildman–Crippen MR) is 131 cm³/mol. The van der Waals surface area contributed by atoms with Crippen molar-refractivity contribution in [3.05, 3.63) is 36.2 Å². The van der Waals surface area contributed by atoms with Crippen molar-refractivity contribution in [3.8, 4) is 0 Å². The van der Waals surface area contributed by atoms with Gasteiger partial charge in [-0.2, -0.15) is 4.58 Å². The molecule has 0 aromatic heterocycles. The van der Waals surface area contributed by atoms with Crippen LogP contribution in [0.15, 0.2) is 41.2 Å². The highest BCUT2D eigenvalue weighted by atomic mass is 16.5. The van der Waals surface area contributed by atoms with Gasteiger partial charge in [-0.05, 0) is 43.9 Å². The number of amides is 1. The highest BCUT2D eigenvalue weighted by Crippen LogP contribution is 2.29. The third kappa shape index (κ3) is 6.50. The average molecular weight is 457 g/mol. The number of carbonyl (C=O) groups is 1. The molecule has 0 bridgehead atoms. The SMILES string of the molecule is C=[N+]1C=CN=CC12COC2NC(CC1=CCC(C)CC=C1)C(=O)NC(CCC(C)C)B(O)O. The van der Waals surface area contributed by atoms with Crippen LogP contribution in [0.3, 0.4) is 0 Å². The summed E-state index contributed by atoms with van der Waals surface area (Å²) in [6, 6.07) is -0.621. The minimum absolute atomic E-state index is 0.284. The second kappa shape index (κ2) is 11.4. The normalized spacial score (nSPS) is 28.3. The fourth-order valence-corrected chi connectivity index (χ4v) is 4.23. The number of nitrogens with zero attached hydrogens (tertiary/aromatic N) is 2. The Hall–Kier alpha value is -2.07. The van der Waals surface area contributed by atoms with Gasteiger partial charge in [-0.3, -0.25) is 15.1 Å². The molecule has 1 saturated heterocycles. The first-order chi connectivity index (χ1) is 15.7. The number of hydrogen-bond donors (Lipinski definition) is 4. The molecule has 1 spiro atoms. The van der Waals surface area contributed by atoms with E-state index in [1.165, 1.54) is 0 Å². The van der Waals surface area contributed by atoms with Crippen LogP contribution in [0.2, 0.25) is 0 Å². The predicted octanol–water partition coefficient (Wildman–Crippen LogP) is 1.54. The van der Waals surface area contributed by atoms with Crippen LogP contribution in [0.5, 0.6) is 0 Å². The summed E-state index contributed by atoms with van der Waals surface area (Å²) >= 11 is 0. The Bertz CT molecular complexity index is 838. The van der Waals surface area contributed by atoms with Gasteiger partial charge in [-0.15, -0.1) is 0 Å². The summed E-state index contributed by atoms with van der Waals surface area (Å²) in [5, 5.41) is 25.9. The van der Waals surface area contributed by atoms with Crippen molar-refractivity contribution in [2.75, 3.05) is 6.61 Å². The lowest BCUT2D eigenvalue weighted by atomic mass is 9.75. The molecule has 3 aliphatic rings. The largest absolute Gasteiger partial charge is 0.475 e. The number of allylic oxidation sites excluding steroid dienone is 3. The first kappa shape index (κ1) is 25.6. The summed E-state index contributed by atoms with van der Waals surface area (Å²) in [5.41, 5.74) is 0.524. The molecule has 0 saturated carbocycles. The highest BCUT2D eigenvalue weighted by molar-refractivity contribution is 6.43. The number of aliphatic imine (C=N–C) groups is 1. The molecule has 8 nitrogen and oxygen atoms in total. The number of ether oxygens (including phenoxy) is 1. The van der Waals surface area contributed by atoms with Gasteiger partial charge in [0, 0.05) is 0 Å². The summed E-state index contributed by atoms with van der Waals surface area (Å²) < 4.78 is 7.60. The highest BCUT2D eigenvalue weighted by Gasteiger charge is 2.58. The van der Waals surface area contributed by atoms with Gasteiger partial charge < -0.3 is 20.1 Å². The van der Waals surface area contributed by atoms with E-state index in [-0.39, 0.29) is 5.91 Å². The van der Waals surface area contributed by atoms with Gasteiger partial charge in [0.05, 0.1) is 24.4 Å². The third-order valence-corrected chi connectivity index (χ3v) is 6.60. The van der Waals surface area contributed by atoms with Crippen LogP contribution in [0, 0.1) is 11.8 Å². The Labute approximate surface area is 197 Å². The van der Waals surface area contributed by atoms with Gasteiger partial charge in [0.1, 0.15) is 13.3 Å². The van der Waals surface area contributed by atoms with Crippen LogP contribution in [0.4, 0.5) is 0 Å². The summed E-state index contributed by atoms with van der Waals surface area (Å²) in [6.07, 6.45) is 14.9. The topological polar surface area (TPSA) is 106 Å². The van der Waals surface area contributed by atoms with Gasteiger partial charge in [0.25, 0.3) is 5.54 Å². The molecule has 9 heteroatoms. The van der Waals surface area contributed by atoms with Crippen molar-refractivity contribution >= 4 is 26.0 Å². The molecule has 1 fully saturated rings. The van der Waals surface area contributed by atoms with Crippen LogP contribution < -0.4 is 10.6 Å². The monoisotopic (exact) mass is 457 g/mol. The van der Waals surface area contributed by atoms with E-state index in [0.29, 0.717) is 31.3 Å². The molecule has 5 unspecified atom stereocenters. The molecule has 1 aliphatic carbocycles. The van der Waals surface area contributed by atoms with Gasteiger partial charge in [0.2, 0.25) is 5.91 Å². The lowest BCUT2D eigenvalue weighted by Gasteiger charge is -2.43. The van der Waals surface area contributed by atoms with Crippen LogP contribution >= 0.6 is 0 Å². The quantitative estimate of drug-likeness (QED) is 0.294. The molecule has 33 heavy (non-hydrogen) atoms. The van der Waals surface area contributed by atoms with Crippen LogP contribution in [0.25, 0.3) is 0 Å². The maximum Gasteiger partial charge on any atom is 0.475 e. The minimum Gasteiger partial charge on any atom is -0.426 e. The van der Waals surface area contributed by atoms with Gasteiger partial charge >= 0.3 is 7.12 Å². The summed E-state index contributed by atoms with van der Waals surface area (Å²) in [5.74, 6) is -0.0620. The Balaban J connectivity index is 1.76. The van der Waals surface area contributed by atoms with E-state index in [0.717, 1.165) is 24.8 Å². The zero-order valence-corrected chi connectivity index (χ0v) is 20.0. The van der Waals surface area contributed by atoms with Crippen molar-refractivity contribution in [1.82, 2.24) is 10.6 Å². The fraction of sp³-hybridized carbons (Fsp3) is 0.625. The molecule has 4 N–H and O–H groups in total. The maximum atomic E-state index is 13.4. The number of hydrogen-bond acceptors (Lipinski definition) is 6. The third-order valence-electron chi connectivity index (χ3n) is 6.60. The van der Waals surface area contributed by atoms with Crippen molar-refractivity contribution in [2.24, 2.45) is 16.8 Å². The van der Waals surface area contributed by atoms with Crippen LogP contribution in [0.1, 0.15) is 52.9 Å². The van der Waals surface area contributed by atoms with Crippen molar-refractivity contribution < 1.29 is 24.2 Å². The first-order valence-electron chi connectivity index (χ1n) is 11.9. The van der Waals surface area contributed by atoms with Crippen LogP contribution in [-0.2, 0) is 9.53 Å². The molecule has 180 valence electrons. The molecule has 1 amide bonds. The molecular formula is C24H38BN4O4+. The lowest BCUT2D eigenvalue weighted by Crippen LogP contribution is -2.72. The molecule has 0 radical (unpaired) electrons. The summed E-state index contributed by atoms with van der Waals surface area (Å²) in [6.45, 7) is 10.8. The van der Waals surface area contributed by atoms with Crippen molar-refractivity contribution in [3.63, 3.8) is 0 Å². The molecule has 2 aliphatic heterocycles. The van der Waals surface area contributed by atoms with E-state index in [4.69, 9.17) is 4.74 Å². The number of carbonyl (C=O) groups excluding carboxylic acids is 1. The Morgan fingerprint density at radius 1 is 1.39 bits per heavy atom. The van der Waals surface area contributed by atoms with Crippen molar-refractivity contribution in [1.29, 1.82) is 0 Å². The summed E-state index contributed by atoms with van der Waals surface area (Å²) in [7, 11) is -1.62. The van der Waals surface area contributed by atoms with Gasteiger partial charge in [0.15, 0.2) is 12.4 Å². The molecule has 2 heterocycles. The standard InChI is InChI=1S/C24H37BN4O4/c1-17(2)8-11-21(25(31)32)28-22(30)20(14-19-7-5-6-18(3)9-10-19)27-23-24(16-33-23)15-26-12-13-29(24)4/h5,7,10,12-13,15,17-18,20-21,23,27,31-32H,4,6,8-9,11,14,16H2,1-3H3/p+1. The Morgan fingerprint density at radius 3 is 2.82 bits per heavy atom. The second-order valence-electron chi connectivity index (χ2n) is 9.91. The van der Waals surface area contributed by atoms with E-state index >= 15 is 0 Å². The number of nitrogens with one attached hydrogen (secondary N) is 2. The lowest BCUT2D eigenvalue weighted by molar-refractivity contribution is -0.571. The fourth-order valence-electron chi connectivity index (χ4n) is 4.23. The Kier molecular flexibility index (Phi) is 8.81. The zero-order chi connectivity index (χ0) is 24.0. The van der Waals surface area contributed by atoms with E-state index in [1.807, 2.05) is 0 Å². The molecule has 5 atom stereocenters. The smallest absolute Gasteiger partial charge is 0.426 e. The number of rotatable bonds is 10. The molecule has 0 aromatic carbocycles. The zero-order valence-electron chi connectivity index (χ0n) is 20.0. The van der Waals surface area contributed by atoms with Gasteiger partial charge in [-0.1, -0.05) is 44.6 Å². The van der Waals surface area contributed by atoms with E-state index in [2.05, 4.69) is 61.3 Å². The Morgan fingerprint density at radius 2 is 2.18 bits per heavy atom. The second-order valence-corrected chi connectivity index (χ2v) is 9.91. The molecule has 3 rings (SSSR count). The van der Waals surface area contributed by atoms with Gasteiger partial charge in [-0.25, -0.2) is 0 Å². The van der Waals surface area contributed by atoms with E-state index < -0.39 is 30.9 Å². The summed E-state index contributed by atoms with van der Waals surface area (Å²) in [4.78, 5) is 17.6. The van der Waals surface area contributed by atoms with Crippen molar-refractivity contribution in [2.45, 2.75) is 76.6 Å². The minimum atomic E-state index is -1.62. The molecule has 0 aromatic rings.